The molecule has 26 heavy (non-hydrogen) atoms. The van der Waals surface area contributed by atoms with Gasteiger partial charge in [-0.1, -0.05) is 27.7 Å². The van der Waals surface area contributed by atoms with E-state index in [4.69, 9.17) is 9.97 Å². The van der Waals surface area contributed by atoms with Gasteiger partial charge < -0.3 is 9.80 Å². The van der Waals surface area contributed by atoms with Gasteiger partial charge in [0.25, 0.3) is 0 Å². The molecule has 0 saturated carbocycles. The summed E-state index contributed by atoms with van der Waals surface area (Å²) in [6.07, 6.45) is 4.72. The van der Waals surface area contributed by atoms with Crippen LogP contribution in [0.4, 0.5) is 11.8 Å². The smallest absolute Gasteiger partial charge is 0.225 e. The molecule has 2 aromatic heterocycles. The minimum absolute atomic E-state index is 0.0522. The van der Waals surface area contributed by atoms with Gasteiger partial charge in [0.15, 0.2) is 0 Å². The molecule has 3 rings (SSSR count). The molecular formula is C20H30N6. The van der Waals surface area contributed by atoms with E-state index in [1.54, 1.807) is 0 Å². The van der Waals surface area contributed by atoms with E-state index in [1.807, 2.05) is 19.3 Å². The summed E-state index contributed by atoms with van der Waals surface area (Å²) in [6, 6.07) is 0. The molecular weight excluding hydrogens is 324 g/mol. The number of nitrogens with zero attached hydrogens (tertiary/aromatic N) is 6. The molecule has 0 spiro atoms. The molecule has 1 aliphatic heterocycles. The number of hydrogen-bond acceptors (Lipinski definition) is 6. The third-order valence-corrected chi connectivity index (χ3v) is 4.85. The number of anilines is 2. The van der Waals surface area contributed by atoms with Crippen molar-refractivity contribution in [3.63, 3.8) is 0 Å². The normalized spacial score (nSPS) is 15.5. The van der Waals surface area contributed by atoms with Crippen LogP contribution in [0.1, 0.15) is 50.3 Å². The third-order valence-electron chi connectivity index (χ3n) is 4.85. The Kier molecular flexibility index (Phi) is 5.12. The maximum Gasteiger partial charge on any atom is 0.225 e. The van der Waals surface area contributed by atoms with Crippen molar-refractivity contribution in [1.82, 2.24) is 19.9 Å². The van der Waals surface area contributed by atoms with Crippen molar-refractivity contribution in [3.05, 3.63) is 35.0 Å². The Morgan fingerprint density at radius 3 is 2.04 bits per heavy atom. The molecule has 0 aliphatic carbocycles. The first-order valence-electron chi connectivity index (χ1n) is 9.46. The lowest BCUT2D eigenvalue weighted by Gasteiger charge is -2.37. The third kappa shape index (κ3) is 3.79. The van der Waals surface area contributed by atoms with Crippen molar-refractivity contribution in [2.24, 2.45) is 0 Å². The van der Waals surface area contributed by atoms with Crippen LogP contribution in [0.3, 0.4) is 0 Å². The average molecular weight is 355 g/mol. The number of aryl methyl sites for hydroxylation is 2. The van der Waals surface area contributed by atoms with E-state index >= 15 is 0 Å². The van der Waals surface area contributed by atoms with Gasteiger partial charge in [0.05, 0.1) is 0 Å². The lowest BCUT2D eigenvalue weighted by molar-refractivity contribution is 0.537. The summed E-state index contributed by atoms with van der Waals surface area (Å²) in [6.45, 7) is 16.5. The van der Waals surface area contributed by atoms with Crippen LogP contribution in [0.2, 0.25) is 0 Å². The van der Waals surface area contributed by atoms with Crippen molar-refractivity contribution in [1.29, 1.82) is 0 Å². The first-order valence-corrected chi connectivity index (χ1v) is 9.46. The molecule has 6 heteroatoms. The molecule has 0 N–H and O–H groups in total. The van der Waals surface area contributed by atoms with Crippen molar-refractivity contribution in [2.75, 3.05) is 36.0 Å². The largest absolute Gasteiger partial charge is 0.353 e. The Hall–Kier alpha value is -2.24. The second-order valence-corrected chi connectivity index (χ2v) is 8.07. The first-order chi connectivity index (χ1) is 12.3. The van der Waals surface area contributed by atoms with Gasteiger partial charge in [-0.2, -0.15) is 0 Å². The zero-order valence-corrected chi connectivity index (χ0v) is 16.9. The molecule has 1 fully saturated rings. The van der Waals surface area contributed by atoms with Crippen molar-refractivity contribution in [3.8, 4) is 0 Å². The fraction of sp³-hybridized carbons (Fsp3) is 0.600. The van der Waals surface area contributed by atoms with Gasteiger partial charge in [0.1, 0.15) is 11.6 Å². The minimum atomic E-state index is -0.0522. The van der Waals surface area contributed by atoms with E-state index in [1.165, 1.54) is 5.56 Å². The monoisotopic (exact) mass is 354 g/mol. The molecule has 1 saturated heterocycles. The zero-order chi connectivity index (χ0) is 18.9. The molecule has 0 bridgehead atoms. The Labute approximate surface area is 156 Å². The van der Waals surface area contributed by atoms with E-state index in [2.05, 4.69) is 54.4 Å². The van der Waals surface area contributed by atoms with Gasteiger partial charge in [-0.05, 0) is 25.8 Å². The average Bonchev–Trinajstić information content (AvgIpc) is 2.61. The number of hydrogen-bond donors (Lipinski definition) is 0. The summed E-state index contributed by atoms with van der Waals surface area (Å²) in [7, 11) is 0. The lowest BCUT2D eigenvalue weighted by atomic mass is 9.95. The van der Waals surface area contributed by atoms with E-state index in [9.17, 15) is 0 Å². The van der Waals surface area contributed by atoms with Crippen LogP contribution in [0.5, 0.6) is 0 Å². The maximum absolute atomic E-state index is 4.97. The highest BCUT2D eigenvalue weighted by molar-refractivity contribution is 5.51. The Morgan fingerprint density at radius 2 is 1.50 bits per heavy atom. The van der Waals surface area contributed by atoms with Gasteiger partial charge in [-0.15, -0.1) is 0 Å². The van der Waals surface area contributed by atoms with Crippen LogP contribution >= 0.6 is 0 Å². The summed E-state index contributed by atoms with van der Waals surface area (Å²) in [5.74, 6) is 2.85. The predicted octanol–water partition coefficient (Wildman–Crippen LogP) is 3.07. The fourth-order valence-electron chi connectivity index (χ4n) is 3.26. The lowest BCUT2D eigenvalue weighted by Crippen LogP contribution is -2.48. The SMILES string of the molecule is CCc1c(C)nc(C(C)(C)C)nc1N1CCN(c2ncc(C)cn2)CC1. The summed E-state index contributed by atoms with van der Waals surface area (Å²) in [5, 5.41) is 0. The summed E-state index contributed by atoms with van der Waals surface area (Å²) < 4.78 is 0. The van der Waals surface area contributed by atoms with Crippen LogP contribution in [0, 0.1) is 13.8 Å². The predicted molar refractivity (Wildman–Crippen MR) is 106 cm³/mol. The highest BCUT2D eigenvalue weighted by Gasteiger charge is 2.26. The van der Waals surface area contributed by atoms with Gasteiger partial charge in [-0.25, -0.2) is 19.9 Å². The Morgan fingerprint density at radius 1 is 0.923 bits per heavy atom. The summed E-state index contributed by atoms with van der Waals surface area (Å²) in [5.41, 5.74) is 3.40. The topological polar surface area (TPSA) is 58.0 Å². The second-order valence-electron chi connectivity index (χ2n) is 8.07. The molecule has 0 radical (unpaired) electrons. The van der Waals surface area contributed by atoms with E-state index in [0.717, 1.165) is 61.4 Å². The Bertz CT molecular complexity index is 755. The van der Waals surface area contributed by atoms with Gasteiger partial charge >= 0.3 is 0 Å². The molecule has 0 amide bonds. The molecule has 2 aromatic rings. The molecule has 1 aliphatic rings. The highest BCUT2D eigenvalue weighted by Crippen LogP contribution is 2.27. The highest BCUT2D eigenvalue weighted by atomic mass is 15.3. The standard InChI is InChI=1S/C20H30N6/c1-7-16-15(3)23-18(20(4,5)6)24-17(16)25-8-10-26(11-9-25)19-21-12-14(2)13-22-19/h12-13H,7-11H2,1-6H3. The van der Waals surface area contributed by atoms with Crippen LogP contribution in [-0.2, 0) is 11.8 Å². The number of rotatable bonds is 3. The fourth-order valence-corrected chi connectivity index (χ4v) is 3.26. The first kappa shape index (κ1) is 18.5. The molecule has 0 unspecified atom stereocenters. The Balaban J connectivity index is 1.82. The van der Waals surface area contributed by atoms with Crippen molar-refractivity contribution in [2.45, 2.75) is 53.4 Å². The van der Waals surface area contributed by atoms with E-state index < -0.39 is 0 Å². The zero-order valence-electron chi connectivity index (χ0n) is 16.9. The molecule has 0 aromatic carbocycles. The van der Waals surface area contributed by atoms with Gasteiger partial charge in [0.2, 0.25) is 5.95 Å². The van der Waals surface area contributed by atoms with Crippen LogP contribution in [0.25, 0.3) is 0 Å². The van der Waals surface area contributed by atoms with Crippen LogP contribution < -0.4 is 9.80 Å². The van der Waals surface area contributed by atoms with Crippen molar-refractivity contribution < 1.29 is 0 Å². The quantitative estimate of drug-likeness (QED) is 0.844. The van der Waals surface area contributed by atoms with Gasteiger partial charge in [0, 0.05) is 55.2 Å². The molecule has 0 atom stereocenters. The summed E-state index contributed by atoms with van der Waals surface area (Å²) in [4.78, 5) is 23.3. The molecule has 6 nitrogen and oxygen atoms in total. The number of aromatic nitrogens is 4. The van der Waals surface area contributed by atoms with Crippen LogP contribution in [-0.4, -0.2) is 46.1 Å². The van der Waals surface area contributed by atoms with Crippen molar-refractivity contribution >= 4 is 11.8 Å². The van der Waals surface area contributed by atoms with E-state index in [-0.39, 0.29) is 5.41 Å². The van der Waals surface area contributed by atoms with Crippen LogP contribution in [0.15, 0.2) is 12.4 Å². The second kappa shape index (κ2) is 7.17. The molecule has 3 heterocycles. The summed E-state index contributed by atoms with van der Waals surface area (Å²) >= 11 is 0. The molecule has 140 valence electrons. The maximum atomic E-state index is 4.97. The number of piperazine rings is 1. The van der Waals surface area contributed by atoms with E-state index in [0.29, 0.717) is 0 Å². The minimum Gasteiger partial charge on any atom is -0.353 e. The van der Waals surface area contributed by atoms with Gasteiger partial charge in [-0.3, -0.25) is 0 Å².